The summed E-state index contributed by atoms with van der Waals surface area (Å²) >= 11 is 3.77. The molecule has 0 atom stereocenters. The summed E-state index contributed by atoms with van der Waals surface area (Å²) in [7, 11) is -1.02. The fraction of sp³-hybridized carbons (Fsp3) is 0. The van der Waals surface area contributed by atoms with Crippen molar-refractivity contribution in [3.05, 3.63) is 0 Å². The van der Waals surface area contributed by atoms with Crippen molar-refractivity contribution in [2.75, 3.05) is 0 Å². The molecular formula is H2Cu2O4S2. The van der Waals surface area contributed by atoms with Gasteiger partial charge in [0.15, 0.2) is 0 Å². The molecule has 0 aliphatic heterocycles. The Balaban J connectivity index is -0.0000000750. The molecule has 8 heteroatoms. The molecule has 0 aliphatic carbocycles. The van der Waals surface area contributed by atoms with Crippen LogP contribution in [0.5, 0.6) is 0 Å². The van der Waals surface area contributed by atoms with Crippen LogP contribution in [0.1, 0.15) is 0 Å². The fourth-order valence-corrected chi connectivity index (χ4v) is 0. The quantitative estimate of drug-likeness (QED) is 0.471. The molecule has 0 saturated heterocycles. The van der Waals surface area contributed by atoms with Crippen LogP contribution in [0.15, 0.2) is 0 Å². The zero-order chi connectivity index (χ0) is 6.50. The van der Waals surface area contributed by atoms with E-state index < -0.39 is 10.4 Å². The van der Waals surface area contributed by atoms with Gasteiger partial charge in [-0.25, -0.2) is 0 Å². The Labute approximate surface area is 69.8 Å². The van der Waals surface area contributed by atoms with Crippen molar-refractivity contribution in [2.45, 2.75) is 0 Å². The van der Waals surface area contributed by atoms with Crippen LogP contribution in [0.2, 0.25) is 0 Å². The van der Waals surface area contributed by atoms with Crippen molar-refractivity contribution in [2.24, 2.45) is 0 Å². The van der Waals surface area contributed by atoms with E-state index in [4.69, 9.17) is 17.5 Å². The summed E-state index contributed by atoms with van der Waals surface area (Å²) < 4.78 is 31.6. The van der Waals surface area contributed by atoms with Crippen LogP contribution >= 0.6 is 10.6 Å². The Morgan fingerprint density at radius 3 is 1.25 bits per heavy atom. The molecule has 2 N–H and O–H groups in total. The molecule has 0 amide bonds. The van der Waals surface area contributed by atoms with Crippen LogP contribution in [0.25, 0.3) is 0 Å². The Morgan fingerprint density at radius 1 is 1.25 bits per heavy atom. The van der Waals surface area contributed by atoms with Crippen molar-refractivity contribution in [1.82, 2.24) is 0 Å². The molecule has 0 aromatic carbocycles. The minimum atomic E-state index is -4.67. The average Bonchev–Trinajstić information content (AvgIpc) is 1.36. The van der Waals surface area contributed by atoms with Crippen LogP contribution in [-0.4, -0.2) is 17.5 Å². The molecule has 8 heavy (non-hydrogen) atoms. The van der Waals surface area contributed by atoms with Gasteiger partial charge < -0.3 is 0 Å². The third kappa shape index (κ3) is 210. The van der Waals surface area contributed by atoms with E-state index in [1.165, 1.54) is 0 Å². The van der Waals surface area contributed by atoms with E-state index >= 15 is 0 Å². The van der Waals surface area contributed by atoms with Gasteiger partial charge in [-0.2, -0.15) is 8.42 Å². The first-order chi connectivity index (χ1) is 3.00. The van der Waals surface area contributed by atoms with E-state index in [9.17, 15) is 0 Å². The molecule has 0 aromatic rings. The summed E-state index contributed by atoms with van der Waals surface area (Å²) in [5.74, 6) is 0. The molecule has 0 saturated carbocycles. The number of hydrogen-bond donors (Lipinski definition) is 2. The topological polar surface area (TPSA) is 74.6 Å². The molecule has 60 valence electrons. The van der Waals surface area contributed by atoms with E-state index in [1.807, 2.05) is 0 Å². The Bertz CT molecular complexity index is 106. The summed E-state index contributed by atoms with van der Waals surface area (Å²) in [6.45, 7) is 0. The third-order valence-electron chi connectivity index (χ3n) is 0. The molecule has 0 rings (SSSR count). The van der Waals surface area contributed by atoms with Crippen molar-refractivity contribution >= 4 is 21.0 Å². The molecule has 4 nitrogen and oxygen atoms in total. The van der Waals surface area contributed by atoms with Crippen molar-refractivity contribution in [3.63, 3.8) is 0 Å². The predicted octanol–water partition coefficient (Wildman–Crippen LogP) is -0.00960. The first-order valence-corrected chi connectivity index (χ1v) is 3.62. The maximum absolute atomic E-state index is 8.74. The summed E-state index contributed by atoms with van der Waals surface area (Å²) in [4.78, 5) is 0. The van der Waals surface area contributed by atoms with Crippen LogP contribution < -0.4 is 0 Å². The van der Waals surface area contributed by atoms with Crippen LogP contribution in [0.4, 0.5) is 0 Å². The second kappa shape index (κ2) is 8.13. The SMILES string of the molecule is O=S(=O)(O)O.[Cu].[S]=[Cu]. The molecule has 0 spiro atoms. The maximum atomic E-state index is 8.74. The van der Waals surface area contributed by atoms with E-state index in [0.29, 0.717) is 0 Å². The minimum absolute atomic E-state index is 0. The van der Waals surface area contributed by atoms with E-state index in [0.717, 1.165) is 0 Å². The van der Waals surface area contributed by atoms with Gasteiger partial charge in [-0.05, 0) is 0 Å². The summed E-state index contributed by atoms with van der Waals surface area (Å²) in [6, 6.07) is 0. The van der Waals surface area contributed by atoms with Gasteiger partial charge in [0.1, 0.15) is 0 Å². The molecular weight excluding hydrogens is 255 g/mol. The first-order valence-electron chi connectivity index (χ1n) is 0.822. The van der Waals surface area contributed by atoms with Gasteiger partial charge in [0.05, 0.1) is 0 Å². The van der Waals surface area contributed by atoms with Gasteiger partial charge in [0.2, 0.25) is 0 Å². The Kier molecular flexibility index (Phi) is 16.3. The molecule has 0 aromatic heterocycles. The van der Waals surface area contributed by atoms with E-state index in [1.54, 1.807) is 0 Å². The third-order valence-corrected chi connectivity index (χ3v) is 0. The van der Waals surface area contributed by atoms with Gasteiger partial charge in [-0.15, -0.1) is 0 Å². The molecule has 0 heterocycles. The van der Waals surface area contributed by atoms with Crippen molar-refractivity contribution < 1.29 is 49.0 Å². The summed E-state index contributed by atoms with van der Waals surface area (Å²) in [6.07, 6.45) is 0. The fourth-order valence-electron chi connectivity index (χ4n) is 0. The molecule has 0 bridgehead atoms. The van der Waals surface area contributed by atoms with Gasteiger partial charge in [-0.1, -0.05) is 0 Å². The van der Waals surface area contributed by atoms with Gasteiger partial charge >= 0.3 is 35.3 Å². The van der Waals surface area contributed by atoms with Gasteiger partial charge in [-0.3, -0.25) is 9.11 Å². The first kappa shape index (κ1) is 16.1. The van der Waals surface area contributed by atoms with Crippen molar-refractivity contribution in [1.29, 1.82) is 0 Å². The average molecular weight is 257 g/mol. The van der Waals surface area contributed by atoms with Crippen molar-refractivity contribution in [3.8, 4) is 0 Å². The van der Waals surface area contributed by atoms with Crippen LogP contribution in [0.3, 0.4) is 0 Å². The van der Waals surface area contributed by atoms with Crippen LogP contribution in [-0.2, 0) is 41.9 Å². The second-order valence-corrected chi connectivity index (χ2v) is 1.34. The van der Waals surface area contributed by atoms with E-state index in [2.05, 4.69) is 24.9 Å². The monoisotopic (exact) mass is 256 g/mol. The molecule has 0 fully saturated rings. The molecule has 1 radical (unpaired) electrons. The zero-order valence-corrected chi connectivity index (χ0v) is 6.65. The second-order valence-electron chi connectivity index (χ2n) is 0.448. The number of hydrogen-bond acceptors (Lipinski definition) is 3. The Hall–Kier alpha value is 1.13. The summed E-state index contributed by atoms with van der Waals surface area (Å²) in [5.41, 5.74) is 0. The Morgan fingerprint density at radius 2 is 1.25 bits per heavy atom. The van der Waals surface area contributed by atoms with Gasteiger partial charge in [0.25, 0.3) is 0 Å². The van der Waals surface area contributed by atoms with Gasteiger partial charge in [0, 0.05) is 17.1 Å². The summed E-state index contributed by atoms with van der Waals surface area (Å²) in [5, 5.41) is 0. The molecule has 0 unspecified atom stereocenters. The van der Waals surface area contributed by atoms with E-state index in [-0.39, 0.29) is 17.1 Å². The molecule has 0 aliphatic rings. The predicted molar refractivity (Wildman–Crippen MR) is 21.8 cm³/mol. The normalized spacial score (nSPS) is 8.00. The zero-order valence-electron chi connectivity index (χ0n) is 3.13. The van der Waals surface area contributed by atoms with Crippen LogP contribution in [0, 0.1) is 0 Å². The standard InChI is InChI=1S/2Cu.H2O4S.S/c;;1-5(2,3)4;/h;;(H2,1,2,3,4);. The number of rotatable bonds is 0.